The number of sulfonamides is 1. The van der Waals surface area contributed by atoms with Gasteiger partial charge >= 0.3 is 0 Å². The van der Waals surface area contributed by atoms with Crippen molar-refractivity contribution >= 4 is 37.6 Å². The molecule has 0 radical (unpaired) electrons. The lowest BCUT2D eigenvalue weighted by Gasteiger charge is -2.18. The van der Waals surface area contributed by atoms with Crippen LogP contribution in [0.1, 0.15) is 13.3 Å². The van der Waals surface area contributed by atoms with E-state index in [0.717, 1.165) is 6.42 Å². The van der Waals surface area contributed by atoms with Crippen molar-refractivity contribution in [1.29, 1.82) is 0 Å². The molecule has 1 heterocycles. The van der Waals surface area contributed by atoms with Crippen LogP contribution in [0.3, 0.4) is 0 Å². The van der Waals surface area contributed by atoms with E-state index in [1.54, 1.807) is 6.07 Å². The maximum absolute atomic E-state index is 12.5. The lowest BCUT2D eigenvalue weighted by molar-refractivity contribution is 0.429. The highest BCUT2D eigenvalue weighted by atomic mass is 79.9. The molecule has 0 amide bonds. The van der Waals surface area contributed by atoms with E-state index in [4.69, 9.17) is 17.3 Å². The highest BCUT2D eigenvalue weighted by Gasteiger charge is 2.34. The number of hydrogen-bond donors (Lipinski definition) is 1. The highest BCUT2D eigenvalue weighted by Crippen LogP contribution is 2.29. The maximum atomic E-state index is 12.5. The second-order valence-corrected chi connectivity index (χ2v) is 8.05. The standard InChI is InChI=1S/C12H16BrClN2O2S/c1-8(15)9-4-5-16(7-9)19(17,18)10-2-3-12(14)11(13)6-10/h2-3,6,8-9H,4-5,7,15H2,1H3. The minimum Gasteiger partial charge on any atom is -0.328 e. The van der Waals surface area contributed by atoms with Gasteiger partial charge in [-0.3, -0.25) is 0 Å². The number of nitrogens with zero attached hydrogens (tertiary/aromatic N) is 1. The van der Waals surface area contributed by atoms with E-state index < -0.39 is 10.0 Å². The summed E-state index contributed by atoms with van der Waals surface area (Å²) < 4.78 is 27.1. The van der Waals surface area contributed by atoms with Crippen LogP contribution in [0.15, 0.2) is 27.6 Å². The van der Waals surface area contributed by atoms with Crippen molar-refractivity contribution < 1.29 is 8.42 Å². The molecule has 1 aliphatic heterocycles. The van der Waals surface area contributed by atoms with Gasteiger partial charge in [-0.25, -0.2) is 8.42 Å². The summed E-state index contributed by atoms with van der Waals surface area (Å²) in [6.07, 6.45) is 0.811. The van der Waals surface area contributed by atoms with Crippen LogP contribution in [-0.4, -0.2) is 31.9 Å². The summed E-state index contributed by atoms with van der Waals surface area (Å²) in [5, 5.41) is 0.494. The number of halogens is 2. The van der Waals surface area contributed by atoms with E-state index in [1.165, 1.54) is 16.4 Å². The predicted molar refractivity (Wildman–Crippen MR) is 79.7 cm³/mol. The first-order valence-corrected chi connectivity index (χ1v) is 8.64. The Hall–Kier alpha value is -0.140. The Bertz CT molecular complexity index is 577. The zero-order valence-electron chi connectivity index (χ0n) is 10.5. The summed E-state index contributed by atoms with van der Waals surface area (Å²) in [6.45, 7) is 2.93. The molecule has 0 saturated carbocycles. The van der Waals surface area contributed by atoms with E-state index in [0.29, 0.717) is 22.6 Å². The van der Waals surface area contributed by atoms with Crippen LogP contribution in [0.25, 0.3) is 0 Å². The molecular weight excluding hydrogens is 352 g/mol. The van der Waals surface area contributed by atoms with Gasteiger partial charge in [-0.1, -0.05) is 11.6 Å². The Morgan fingerprint density at radius 3 is 2.74 bits per heavy atom. The molecule has 106 valence electrons. The average Bonchev–Trinajstić information content (AvgIpc) is 2.82. The molecule has 2 unspecified atom stereocenters. The molecule has 1 aromatic carbocycles. The highest BCUT2D eigenvalue weighted by molar-refractivity contribution is 9.10. The van der Waals surface area contributed by atoms with Crippen molar-refractivity contribution in [2.75, 3.05) is 13.1 Å². The molecular formula is C12H16BrClN2O2S. The molecule has 2 N–H and O–H groups in total. The van der Waals surface area contributed by atoms with Crippen molar-refractivity contribution in [3.05, 3.63) is 27.7 Å². The van der Waals surface area contributed by atoms with Crippen LogP contribution in [0.5, 0.6) is 0 Å². The predicted octanol–water partition coefficient (Wildman–Crippen LogP) is 2.46. The third-order valence-electron chi connectivity index (χ3n) is 3.46. The lowest BCUT2D eigenvalue weighted by Crippen LogP contribution is -2.33. The SMILES string of the molecule is CC(N)C1CCN(S(=O)(=O)c2ccc(Cl)c(Br)c2)C1. The molecule has 0 aliphatic carbocycles. The van der Waals surface area contributed by atoms with Gasteiger partial charge in [-0.15, -0.1) is 0 Å². The Morgan fingerprint density at radius 1 is 1.53 bits per heavy atom. The Morgan fingerprint density at radius 2 is 2.21 bits per heavy atom. The quantitative estimate of drug-likeness (QED) is 0.892. The molecule has 2 atom stereocenters. The molecule has 4 nitrogen and oxygen atoms in total. The first kappa shape index (κ1) is 15.3. The molecule has 1 aromatic rings. The fourth-order valence-corrected chi connectivity index (χ4v) is 4.37. The van der Waals surface area contributed by atoms with Crippen molar-refractivity contribution in [3.63, 3.8) is 0 Å². The summed E-state index contributed by atoms with van der Waals surface area (Å²) in [5.41, 5.74) is 5.84. The van der Waals surface area contributed by atoms with E-state index in [2.05, 4.69) is 15.9 Å². The van der Waals surface area contributed by atoms with Gasteiger partial charge in [0.25, 0.3) is 0 Å². The third-order valence-corrected chi connectivity index (χ3v) is 6.53. The third kappa shape index (κ3) is 3.13. The zero-order valence-corrected chi connectivity index (χ0v) is 13.7. The summed E-state index contributed by atoms with van der Waals surface area (Å²) in [5.74, 6) is 0.227. The van der Waals surface area contributed by atoms with Crippen molar-refractivity contribution in [1.82, 2.24) is 4.31 Å². The van der Waals surface area contributed by atoms with Crippen LogP contribution in [0.2, 0.25) is 5.02 Å². The smallest absolute Gasteiger partial charge is 0.243 e. The Kier molecular flexibility index (Phi) is 4.57. The van der Waals surface area contributed by atoms with Gasteiger partial charge in [-0.2, -0.15) is 4.31 Å². The molecule has 1 aliphatic rings. The van der Waals surface area contributed by atoms with Gasteiger partial charge in [0.05, 0.1) is 9.92 Å². The van der Waals surface area contributed by atoms with Crippen LogP contribution >= 0.6 is 27.5 Å². The van der Waals surface area contributed by atoms with Gasteiger partial charge in [0.15, 0.2) is 0 Å². The number of hydrogen-bond acceptors (Lipinski definition) is 3. The minimum atomic E-state index is -3.46. The second-order valence-electron chi connectivity index (χ2n) is 4.85. The molecule has 2 rings (SSSR count). The van der Waals surface area contributed by atoms with Crippen LogP contribution in [-0.2, 0) is 10.0 Å². The fourth-order valence-electron chi connectivity index (χ4n) is 2.19. The van der Waals surface area contributed by atoms with E-state index in [9.17, 15) is 8.42 Å². The monoisotopic (exact) mass is 366 g/mol. The minimum absolute atomic E-state index is 0.0113. The van der Waals surface area contributed by atoms with Crippen LogP contribution < -0.4 is 5.73 Å². The van der Waals surface area contributed by atoms with Gasteiger partial charge in [-0.05, 0) is 53.4 Å². The number of benzene rings is 1. The van der Waals surface area contributed by atoms with Gasteiger partial charge in [0, 0.05) is 23.6 Å². The average molecular weight is 368 g/mol. The molecule has 1 fully saturated rings. The first-order chi connectivity index (χ1) is 8.82. The first-order valence-electron chi connectivity index (χ1n) is 6.03. The van der Waals surface area contributed by atoms with Crippen molar-refractivity contribution in [2.24, 2.45) is 11.7 Å². The van der Waals surface area contributed by atoms with Crippen LogP contribution in [0.4, 0.5) is 0 Å². The molecule has 0 spiro atoms. The van der Waals surface area contributed by atoms with E-state index in [-0.39, 0.29) is 16.9 Å². The van der Waals surface area contributed by atoms with Crippen molar-refractivity contribution in [3.8, 4) is 0 Å². The topological polar surface area (TPSA) is 63.4 Å². The second kappa shape index (κ2) is 5.69. The molecule has 0 aromatic heterocycles. The lowest BCUT2D eigenvalue weighted by atomic mass is 10.0. The Balaban J connectivity index is 2.26. The number of nitrogens with two attached hydrogens (primary N) is 1. The summed E-state index contributed by atoms with van der Waals surface area (Å²) >= 11 is 9.13. The Labute approximate surface area is 127 Å². The molecule has 7 heteroatoms. The van der Waals surface area contributed by atoms with E-state index in [1.807, 2.05) is 6.92 Å². The largest absolute Gasteiger partial charge is 0.328 e. The fraction of sp³-hybridized carbons (Fsp3) is 0.500. The molecule has 0 bridgehead atoms. The van der Waals surface area contributed by atoms with Crippen LogP contribution in [0, 0.1) is 5.92 Å². The van der Waals surface area contributed by atoms with Crippen molar-refractivity contribution in [2.45, 2.75) is 24.3 Å². The van der Waals surface area contributed by atoms with E-state index >= 15 is 0 Å². The van der Waals surface area contributed by atoms with Gasteiger partial charge in [0.2, 0.25) is 10.0 Å². The van der Waals surface area contributed by atoms with Gasteiger partial charge < -0.3 is 5.73 Å². The van der Waals surface area contributed by atoms with Gasteiger partial charge in [0.1, 0.15) is 0 Å². The normalized spacial score (nSPS) is 22.6. The summed E-state index contributed by atoms with van der Waals surface area (Å²) in [7, 11) is -3.46. The number of rotatable bonds is 3. The molecule has 1 saturated heterocycles. The molecule has 19 heavy (non-hydrogen) atoms. The zero-order chi connectivity index (χ0) is 14.2. The summed E-state index contributed by atoms with van der Waals surface area (Å²) in [6, 6.07) is 4.66. The maximum Gasteiger partial charge on any atom is 0.243 e. The summed E-state index contributed by atoms with van der Waals surface area (Å²) in [4.78, 5) is 0.258.